The van der Waals surface area contributed by atoms with Crippen LogP contribution in [0, 0.1) is 25.6 Å². The SMILES string of the molecule is Cc1ccc(N2C[C@@H](C(=O)OCC(=O)c3ccc(F)cc3)CC2=O)cc1C. The van der Waals surface area contributed by atoms with Crippen LogP contribution in [0.4, 0.5) is 10.1 Å². The Morgan fingerprint density at radius 3 is 2.48 bits per heavy atom. The van der Waals surface area contributed by atoms with Crippen LogP contribution in [0.15, 0.2) is 42.5 Å². The minimum atomic E-state index is -0.611. The molecule has 0 saturated carbocycles. The number of hydrogen-bond donors (Lipinski definition) is 0. The zero-order chi connectivity index (χ0) is 19.6. The Morgan fingerprint density at radius 1 is 1.11 bits per heavy atom. The van der Waals surface area contributed by atoms with E-state index in [9.17, 15) is 18.8 Å². The molecule has 0 N–H and O–H groups in total. The predicted molar refractivity (Wildman–Crippen MR) is 98.1 cm³/mol. The molecule has 5 nitrogen and oxygen atoms in total. The maximum atomic E-state index is 12.9. The molecule has 0 radical (unpaired) electrons. The van der Waals surface area contributed by atoms with Gasteiger partial charge < -0.3 is 9.64 Å². The zero-order valence-corrected chi connectivity index (χ0v) is 15.2. The van der Waals surface area contributed by atoms with Crippen LogP contribution in [0.5, 0.6) is 0 Å². The highest BCUT2D eigenvalue weighted by Crippen LogP contribution is 2.27. The van der Waals surface area contributed by atoms with E-state index in [-0.39, 0.29) is 24.4 Å². The number of ketones is 1. The van der Waals surface area contributed by atoms with E-state index in [0.29, 0.717) is 0 Å². The molecular formula is C21H20FNO4. The van der Waals surface area contributed by atoms with Crippen molar-refractivity contribution < 1.29 is 23.5 Å². The number of carbonyl (C=O) groups is 3. The number of amides is 1. The monoisotopic (exact) mass is 369 g/mol. The number of esters is 1. The number of nitrogens with zero attached hydrogens (tertiary/aromatic N) is 1. The molecule has 0 aliphatic carbocycles. The molecule has 1 atom stereocenters. The average Bonchev–Trinajstić information content (AvgIpc) is 3.04. The first-order chi connectivity index (χ1) is 12.8. The van der Waals surface area contributed by atoms with E-state index in [1.54, 1.807) is 4.90 Å². The molecule has 0 bridgehead atoms. The predicted octanol–water partition coefficient (Wildman–Crippen LogP) is 3.22. The molecule has 1 heterocycles. The Bertz CT molecular complexity index is 892. The van der Waals surface area contributed by atoms with E-state index in [0.717, 1.165) is 16.8 Å². The molecule has 1 amide bonds. The van der Waals surface area contributed by atoms with Crippen LogP contribution in [0.1, 0.15) is 27.9 Å². The van der Waals surface area contributed by atoms with Gasteiger partial charge in [0.2, 0.25) is 5.91 Å². The van der Waals surface area contributed by atoms with E-state index in [2.05, 4.69) is 0 Å². The van der Waals surface area contributed by atoms with E-state index in [4.69, 9.17) is 4.74 Å². The van der Waals surface area contributed by atoms with Crippen LogP contribution in [0.2, 0.25) is 0 Å². The van der Waals surface area contributed by atoms with Crippen LogP contribution in [0.25, 0.3) is 0 Å². The summed E-state index contributed by atoms with van der Waals surface area (Å²) in [6.07, 6.45) is 0.0521. The summed E-state index contributed by atoms with van der Waals surface area (Å²) in [4.78, 5) is 38.1. The molecule has 1 aliphatic rings. The Balaban J connectivity index is 1.59. The van der Waals surface area contributed by atoms with Gasteiger partial charge in [0.05, 0.1) is 5.92 Å². The summed E-state index contributed by atoms with van der Waals surface area (Å²) in [7, 11) is 0. The number of anilines is 1. The van der Waals surface area contributed by atoms with Gasteiger partial charge in [-0.05, 0) is 61.4 Å². The minimum Gasteiger partial charge on any atom is -0.457 e. The summed E-state index contributed by atoms with van der Waals surface area (Å²) in [6.45, 7) is 3.75. The second-order valence-corrected chi connectivity index (χ2v) is 6.71. The highest BCUT2D eigenvalue weighted by atomic mass is 19.1. The van der Waals surface area contributed by atoms with Crippen molar-refractivity contribution in [3.63, 3.8) is 0 Å². The van der Waals surface area contributed by atoms with Crippen molar-refractivity contribution in [3.05, 3.63) is 65.0 Å². The standard InChI is InChI=1S/C21H20FNO4/c1-13-3-8-18(9-14(13)2)23-11-16(10-20(23)25)21(26)27-12-19(24)15-4-6-17(22)7-5-15/h3-9,16H,10-12H2,1-2H3/t16-/m0/s1. The second-order valence-electron chi connectivity index (χ2n) is 6.71. The number of carbonyl (C=O) groups excluding carboxylic acids is 3. The molecule has 0 aromatic heterocycles. The summed E-state index contributed by atoms with van der Waals surface area (Å²) >= 11 is 0. The fraction of sp³-hybridized carbons (Fsp3) is 0.286. The lowest BCUT2D eigenvalue weighted by atomic mass is 10.1. The summed E-state index contributed by atoms with van der Waals surface area (Å²) in [5.74, 6) is -2.20. The number of ether oxygens (including phenoxy) is 1. The summed E-state index contributed by atoms with van der Waals surface area (Å²) in [6, 6.07) is 10.7. The van der Waals surface area contributed by atoms with Crippen molar-refractivity contribution in [1.82, 2.24) is 0 Å². The Labute approximate surface area is 156 Å². The number of aryl methyl sites for hydroxylation is 2. The molecule has 2 aromatic carbocycles. The van der Waals surface area contributed by atoms with E-state index in [1.165, 1.54) is 24.3 Å². The third-order valence-corrected chi connectivity index (χ3v) is 4.77. The number of halogens is 1. The van der Waals surface area contributed by atoms with Gasteiger partial charge in [-0.15, -0.1) is 0 Å². The van der Waals surface area contributed by atoms with Crippen molar-refractivity contribution in [1.29, 1.82) is 0 Å². The first-order valence-electron chi connectivity index (χ1n) is 8.68. The molecule has 0 spiro atoms. The van der Waals surface area contributed by atoms with Gasteiger partial charge in [-0.2, -0.15) is 0 Å². The van der Waals surface area contributed by atoms with Gasteiger partial charge in [0.15, 0.2) is 12.4 Å². The summed E-state index contributed by atoms with van der Waals surface area (Å²) in [5.41, 5.74) is 3.21. The van der Waals surface area contributed by atoms with Crippen molar-refractivity contribution >= 4 is 23.3 Å². The quantitative estimate of drug-likeness (QED) is 0.600. The summed E-state index contributed by atoms with van der Waals surface area (Å²) < 4.78 is 18.0. The van der Waals surface area contributed by atoms with Gasteiger partial charge in [0, 0.05) is 24.2 Å². The van der Waals surface area contributed by atoms with Crippen molar-refractivity contribution in [3.8, 4) is 0 Å². The van der Waals surface area contributed by atoms with Crippen molar-refractivity contribution in [2.45, 2.75) is 20.3 Å². The first-order valence-corrected chi connectivity index (χ1v) is 8.68. The number of benzene rings is 2. The van der Waals surface area contributed by atoms with Crippen LogP contribution < -0.4 is 4.90 Å². The van der Waals surface area contributed by atoms with Gasteiger partial charge >= 0.3 is 5.97 Å². The molecule has 1 fully saturated rings. The molecule has 1 saturated heterocycles. The fourth-order valence-electron chi connectivity index (χ4n) is 2.98. The topological polar surface area (TPSA) is 63.7 Å². The van der Waals surface area contributed by atoms with Crippen molar-refractivity contribution in [2.24, 2.45) is 5.92 Å². The zero-order valence-electron chi connectivity index (χ0n) is 15.2. The van der Waals surface area contributed by atoms with Gasteiger partial charge in [-0.3, -0.25) is 14.4 Å². The first kappa shape index (κ1) is 18.8. The molecule has 2 aromatic rings. The largest absolute Gasteiger partial charge is 0.457 e. The van der Waals surface area contributed by atoms with Gasteiger partial charge in [-0.25, -0.2) is 4.39 Å². The van der Waals surface area contributed by atoms with E-state index < -0.39 is 30.1 Å². The lowest BCUT2D eigenvalue weighted by molar-refractivity contribution is -0.147. The fourth-order valence-corrected chi connectivity index (χ4v) is 2.98. The van der Waals surface area contributed by atoms with Crippen LogP contribution in [0.3, 0.4) is 0 Å². The highest BCUT2D eigenvalue weighted by molar-refractivity contribution is 6.01. The smallest absolute Gasteiger partial charge is 0.311 e. The molecule has 1 aliphatic heterocycles. The maximum absolute atomic E-state index is 12.9. The lowest BCUT2D eigenvalue weighted by Crippen LogP contribution is -2.27. The Morgan fingerprint density at radius 2 is 1.81 bits per heavy atom. The Hall–Kier alpha value is -3.02. The summed E-state index contributed by atoms with van der Waals surface area (Å²) in [5, 5.41) is 0. The second kappa shape index (κ2) is 7.70. The third-order valence-electron chi connectivity index (χ3n) is 4.77. The van der Waals surface area contributed by atoms with Crippen LogP contribution >= 0.6 is 0 Å². The Kier molecular flexibility index (Phi) is 5.35. The lowest BCUT2D eigenvalue weighted by Gasteiger charge is -2.17. The third kappa shape index (κ3) is 4.22. The van der Waals surface area contributed by atoms with E-state index in [1.807, 2.05) is 32.0 Å². The van der Waals surface area contributed by atoms with Gasteiger partial charge in [-0.1, -0.05) is 6.07 Å². The highest BCUT2D eigenvalue weighted by Gasteiger charge is 2.36. The van der Waals surface area contributed by atoms with Crippen LogP contribution in [-0.4, -0.2) is 30.8 Å². The molecule has 3 rings (SSSR count). The number of hydrogen-bond acceptors (Lipinski definition) is 4. The maximum Gasteiger partial charge on any atom is 0.311 e. The van der Waals surface area contributed by atoms with Crippen LogP contribution in [-0.2, 0) is 14.3 Å². The van der Waals surface area contributed by atoms with Crippen molar-refractivity contribution in [2.75, 3.05) is 18.1 Å². The normalized spacial score (nSPS) is 16.5. The molecule has 6 heteroatoms. The molecule has 140 valence electrons. The number of rotatable bonds is 5. The number of Topliss-reactive ketones (excluding diaryl/α,β-unsaturated/α-hetero) is 1. The van der Waals surface area contributed by atoms with Gasteiger partial charge in [0.1, 0.15) is 5.82 Å². The minimum absolute atomic E-state index is 0.0521. The molecular weight excluding hydrogens is 349 g/mol. The molecule has 27 heavy (non-hydrogen) atoms. The molecule has 0 unspecified atom stereocenters. The van der Waals surface area contributed by atoms with Gasteiger partial charge in [0.25, 0.3) is 0 Å². The average molecular weight is 369 g/mol. The van der Waals surface area contributed by atoms with E-state index >= 15 is 0 Å².